The lowest BCUT2D eigenvalue weighted by Gasteiger charge is -2.25. The highest BCUT2D eigenvalue weighted by atomic mass is 35.5. The maximum Gasteiger partial charge on any atom is 0.331 e. The first-order valence-corrected chi connectivity index (χ1v) is 12.3. The molecule has 1 saturated heterocycles. The van der Waals surface area contributed by atoms with E-state index in [4.69, 9.17) is 25.5 Å². The van der Waals surface area contributed by atoms with Crippen LogP contribution in [0.5, 0.6) is 11.5 Å². The Hall–Kier alpha value is -4.56. The van der Waals surface area contributed by atoms with Gasteiger partial charge in [0.2, 0.25) is 0 Å². The van der Waals surface area contributed by atoms with Gasteiger partial charge in [-0.2, -0.15) is 0 Å². The van der Waals surface area contributed by atoms with Gasteiger partial charge >= 0.3 is 6.03 Å². The average Bonchev–Trinajstić information content (AvgIpc) is 3.42. The molecule has 0 radical (unpaired) electrons. The highest BCUT2D eigenvalue weighted by Crippen LogP contribution is 2.38. The molecule has 0 atom stereocenters. The first-order valence-electron chi connectivity index (χ1n) is 11.9. The Labute approximate surface area is 223 Å². The SMILES string of the molecule is CCOc1cc(/C=C2\C(=O)NC(=O)N(Cc3ccco3)C2=O)cc(Cl)c1OCc1cccc2ccccc12. The van der Waals surface area contributed by atoms with Crippen molar-refractivity contribution in [3.8, 4) is 11.5 Å². The Morgan fingerprint density at radius 3 is 2.61 bits per heavy atom. The fourth-order valence-corrected chi connectivity index (χ4v) is 4.48. The van der Waals surface area contributed by atoms with Gasteiger partial charge in [-0.25, -0.2) is 4.79 Å². The Morgan fingerprint density at radius 2 is 1.82 bits per heavy atom. The molecule has 0 bridgehead atoms. The van der Waals surface area contributed by atoms with Crippen LogP contribution >= 0.6 is 11.6 Å². The van der Waals surface area contributed by atoms with Crippen LogP contribution in [-0.4, -0.2) is 29.4 Å². The number of amides is 4. The topological polar surface area (TPSA) is 98.1 Å². The molecule has 1 fully saturated rings. The first kappa shape index (κ1) is 25.1. The number of urea groups is 1. The summed E-state index contributed by atoms with van der Waals surface area (Å²) < 4.78 is 17.1. The molecule has 4 amide bonds. The number of halogens is 1. The van der Waals surface area contributed by atoms with Crippen LogP contribution in [0.15, 0.2) is 83.0 Å². The van der Waals surface area contributed by atoms with E-state index in [1.54, 1.807) is 24.3 Å². The molecule has 9 heteroatoms. The molecule has 1 aliphatic rings. The number of furan rings is 1. The normalized spacial score (nSPS) is 14.7. The van der Waals surface area contributed by atoms with Crippen LogP contribution in [0, 0.1) is 0 Å². The molecule has 3 aromatic carbocycles. The molecule has 5 rings (SSSR count). The summed E-state index contributed by atoms with van der Waals surface area (Å²) in [6.07, 6.45) is 2.80. The number of carbonyl (C=O) groups excluding carboxylic acids is 3. The Bertz CT molecular complexity index is 1560. The number of ether oxygens (including phenoxy) is 2. The van der Waals surface area contributed by atoms with E-state index < -0.39 is 17.8 Å². The molecule has 0 aliphatic carbocycles. The number of nitrogens with zero attached hydrogens (tertiary/aromatic N) is 1. The average molecular weight is 531 g/mol. The molecule has 192 valence electrons. The number of hydrogen-bond acceptors (Lipinski definition) is 6. The number of imide groups is 2. The summed E-state index contributed by atoms with van der Waals surface area (Å²) >= 11 is 6.60. The molecule has 1 N–H and O–H groups in total. The van der Waals surface area contributed by atoms with E-state index in [2.05, 4.69) is 5.32 Å². The number of hydrogen-bond donors (Lipinski definition) is 1. The summed E-state index contributed by atoms with van der Waals surface area (Å²) in [7, 11) is 0. The fourth-order valence-electron chi connectivity index (χ4n) is 4.21. The number of rotatable bonds is 8. The lowest BCUT2D eigenvalue weighted by atomic mass is 10.1. The molecule has 8 nitrogen and oxygen atoms in total. The standard InChI is InChI=1S/C29H23ClN2O6/c1-2-36-25-15-18(13-23-27(33)31-29(35)32(28(23)34)16-21-10-6-12-37-21)14-24(30)26(25)38-17-20-9-5-8-19-7-3-4-11-22(19)20/h3-15H,2,16-17H2,1H3,(H,31,33,35)/b23-13+. The van der Waals surface area contributed by atoms with Crippen molar-refractivity contribution in [2.24, 2.45) is 0 Å². The van der Waals surface area contributed by atoms with Crippen molar-refractivity contribution < 1.29 is 28.3 Å². The lowest BCUT2D eigenvalue weighted by molar-refractivity contribution is -0.130. The quantitative estimate of drug-likeness (QED) is 0.231. The van der Waals surface area contributed by atoms with Crippen molar-refractivity contribution in [2.45, 2.75) is 20.1 Å². The van der Waals surface area contributed by atoms with Crippen LogP contribution in [0.3, 0.4) is 0 Å². The van der Waals surface area contributed by atoms with Gasteiger partial charge in [0.1, 0.15) is 17.9 Å². The zero-order valence-corrected chi connectivity index (χ0v) is 21.2. The molecule has 2 heterocycles. The minimum Gasteiger partial charge on any atom is -0.490 e. The maximum atomic E-state index is 13.1. The number of nitrogens with one attached hydrogen (secondary N) is 1. The zero-order valence-electron chi connectivity index (χ0n) is 20.4. The van der Waals surface area contributed by atoms with E-state index in [0.29, 0.717) is 29.4 Å². The summed E-state index contributed by atoms with van der Waals surface area (Å²) in [5.41, 5.74) is 1.19. The number of barbiturate groups is 1. The summed E-state index contributed by atoms with van der Waals surface area (Å²) in [4.78, 5) is 38.8. The highest BCUT2D eigenvalue weighted by molar-refractivity contribution is 6.33. The van der Waals surface area contributed by atoms with Gasteiger partial charge in [-0.3, -0.25) is 19.8 Å². The van der Waals surface area contributed by atoms with Crippen molar-refractivity contribution in [1.29, 1.82) is 0 Å². The van der Waals surface area contributed by atoms with Crippen LogP contribution in [0.2, 0.25) is 5.02 Å². The van der Waals surface area contributed by atoms with Crippen LogP contribution in [0.4, 0.5) is 4.79 Å². The van der Waals surface area contributed by atoms with E-state index in [-0.39, 0.29) is 23.7 Å². The van der Waals surface area contributed by atoms with Gasteiger partial charge in [-0.05, 0) is 59.2 Å². The van der Waals surface area contributed by atoms with E-state index in [1.807, 2.05) is 49.4 Å². The molecule has 1 aromatic heterocycles. The van der Waals surface area contributed by atoms with Crippen molar-refractivity contribution in [1.82, 2.24) is 10.2 Å². The van der Waals surface area contributed by atoms with Gasteiger partial charge in [-0.15, -0.1) is 0 Å². The predicted octanol–water partition coefficient (Wildman–Crippen LogP) is 5.73. The molecule has 38 heavy (non-hydrogen) atoms. The second-order valence-corrected chi connectivity index (χ2v) is 8.89. The van der Waals surface area contributed by atoms with Crippen LogP contribution in [0.25, 0.3) is 16.8 Å². The van der Waals surface area contributed by atoms with Crippen LogP contribution in [0.1, 0.15) is 23.8 Å². The molecule has 1 aliphatic heterocycles. The maximum absolute atomic E-state index is 13.1. The third-order valence-electron chi connectivity index (χ3n) is 5.97. The van der Waals surface area contributed by atoms with Crippen LogP contribution in [-0.2, 0) is 22.7 Å². The van der Waals surface area contributed by atoms with Crippen molar-refractivity contribution >= 4 is 46.3 Å². The number of carbonyl (C=O) groups is 3. The Balaban J connectivity index is 1.43. The Morgan fingerprint density at radius 1 is 1.00 bits per heavy atom. The largest absolute Gasteiger partial charge is 0.490 e. The Kier molecular flexibility index (Phi) is 7.15. The lowest BCUT2D eigenvalue weighted by Crippen LogP contribution is -2.53. The number of benzene rings is 3. The van der Waals surface area contributed by atoms with Crippen molar-refractivity contribution in [2.75, 3.05) is 6.61 Å². The fraction of sp³-hybridized carbons (Fsp3) is 0.138. The molecule has 4 aromatic rings. The monoisotopic (exact) mass is 530 g/mol. The summed E-state index contributed by atoms with van der Waals surface area (Å²) in [5.74, 6) is -0.449. The molecule has 0 saturated carbocycles. The van der Waals surface area contributed by atoms with E-state index in [0.717, 1.165) is 21.2 Å². The second kappa shape index (κ2) is 10.8. The second-order valence-electron chi connectivity index (χ2n) is 8.48. The van der Waals surface area contributed by atoms with Gasteiger partial charge in [0, 0.05) is 0 Å². The minimum atomic E-state index is -0.821. The third-order valence-corrected chi connectivity index (χ3v) is 6.26. The molecule has 0 unspecified atom stereocenters. The molecular weight excluding hydrogens is 508 g/mol. The van der Waals surface area contributed by atoms with E-state index in [1.165, 1.54) is 12.3 Å². The van der Waals surface area contributed by atoms with Gasteiger partial charge in [-0.1, -0.05) is 54.1 Å². The molecule has 0 spiro atoms. The minimum absolute atomic E-state index is 0.117. The first-order chi connectivity index (χ1) is 18.4. The van der Waals surface area contributed by atoms with Gasteiger partial charge in [0.25, 0.3) is 11.8 Å². The third kappa shape index (κ3) is 5.12. The van der Waals surface area contributed by atoms with Crippen molar-refractivity contribution in [3.63, 3.8) is 0 Å². The molecular formula is C29H23ClN2O6. The van der Waals surface area contributed by atoms with E-state index in [9.17, 15) is 14.4 Å². The van der Waals surface area contributed by atoms with Gasteiger partial charge in [0.15, 0.2) is 11.5 Å². The summed E-state index contributed by atoms with van der Waals surface area (Å²) in [6.45, 7) is 2.30. The highest BCUT2D eigenvalue weighted by Gasteiger charge is 2.36. The predicted molar refractivity (Wildman–Crippen MR) is 142 cm³/mol. The summed E-state index contributed by atoms with van der Waals surface area (Å²) in [6, 6.07) is 19.7. The van der Waals surface area contributed by atoms with Gasteiger partial charge < -0.3 is 13.9 Å². The smallest absolute Gasteiger partial charge is 0.331 e. The summed E-state index contributed by atoms with van der Waals surface area (Å²) in [5, 5.41) is 4.60. The van der Waals surface area contributed by atoms with Gasteiger partial charge in [0.05, 0.1) is 24.4 Å². The number of fused-ring (bicyclic) bond motifs is 1. The van der Waals surface area contributed by atoms with Crippen LogP contribution < -0.4 is 14.8 Å². The van der Waals surface area contributed by atoms with E-state index >= 15 is 0 Å². The van der Waals surface area contributed by atoms with Crippen molar-refractivity contribution in [3.05, 3.63) is 100 Å². The zero-order chi connectivity index (χ0) is 26.6.